The van der Waals surface area contributed by atoms with Gasteiger partial charge in [0.15, 0.2) is 0 Å². The molecule has 134 heavy (non-hydrogen) atoms. The number of aryl methyl sites for hydroxylation is 2. The highest BCUT2D eigenvalue weighted by atomic mass is 16.5. The van der Waals surface area contributed by atoms with Crippen LogP contribution in [0.15, 0.2) is 280 Å². The second-order valence-electron chi connectivity index (χ2n) is 33.6. The maximum absolute atomic E-state index is 5.96. The molecule has 0 saturated heterocycles. The summed E-state index contributed by atoms with van der Waals surface area (Å²) in [7, 11) is 3.45. The van der Waals surface area contributed by atoms with Crippen LogP contribution in [0.25, 0.3) is 111 Å². The number of aromatic nitrogens is 16. The maximum Gasteiger partial charge on any atom is 0.141 e. The Morgan fingerprint density at radius 2 is 0.627 bits per heavy atom. The van der Waals surface area contributed by atoms with Gasteiger partial charge in [-0.3, -0.25) is 0 Å². The van der Waals surface area contributed by atoms with Crippen molar-refractivity contribution in [1.82, 2.24) is 76.4 Å². The molecule has 706 valence electrons. The highest BCUT2D eigenvalue weighted by Crippen LogP contribution is 2.29. The van der Waals surface area contributed by atoms with Crippen molar-refractivity contribution in [1.29, 1.82) is 0 Å². The molecular weight excluding hydrogens is 1670 g/mol. The van der Waals surface area contributed by atoms with Gasteiger partial charge in [-0.1, -0.05) is 198 Å². The van der Waals surface area contributed by atoms with E-state index in [0.29, 0.717) is 32.0 Å². The van der Waals surface area contributed by atoms with E-state index in [1.165, 1.54) is 65.2 Å². The molecule has 19 rings (SSSR count). The normalized spacial score (nSPS) is 12.1. The van der Waals surface area contributed by atoms with Crippen LogP contribution in [0.3, 0.4) is 0 Å². The Labute approximate surface area is 790 Å². The third kappa shape index (κ3) is 29.6. The first-order chi connectivity index (χ1) is 65.7. The Balaban J connectivity index is 0.000000138. The Bertz CT molecular complexity index is 6390. The molecule has 0 atom stereocenters. The summed E-state index contributed by atoms with van der Waals surface area (Å²) in [6, 6.07) is 86.2. The minimum atomic E-state index is -0.0730. The molecule has 0 unspecified atom stereocenters. The van der Waals surface area contributed by atoms with Gasteiger partial charge in [0.2, 0.25) is 0 Å². The number of benzene rings is 10. The fourth-order valence-corrected chi connectivity index (χ4v) is 16.0. The third-order valence-corrected chi connectivity index (χ3v) is 22.7. The van der Waals surface area contributed by atoms with E-state index in [0.717, 1.165) is 214 Å². The molecule has 1 fully saturated rings. The first-order valence-electron chi connectivity index (χ1n) is 47.8. The molecule has 1 aliphatic carbocycles. The SMILES string of the molecule is CC(C)(C)OCCn1cnc2ccccc21.CC(C)OCCn1cnc2ccccc21.CCCOCCn1cnc2ccccc21.CCOCCn1c(-c2ccccc2)nc2ccccc21.CCOCCn1c(CC)nc2ccccc21.CCc1nc2ccccc2n1CCOC.COCCn1c(-c2ccccc2)nc2ccccc21.c1ccc2c(c1)ncn2CCOC1CCCCC1. The van der Waals surface area contributed by atoms with Crippen LogP contribution in [-0.4, -0.2) is 181 Å². The van der Waals surface area contributed by atoms with Crippen LogP contribution in [0.1, 0.15) is 119 Å². The number of hydrogen-bond donors (Lipinski definition) is 0. The van der Waals surface area contributed by atoms with Crippen molar-refractivity contribution in [3.8, 4) is 22.8 Å². The van der Waals surface area contributed by atoms with Crippen molar-refractivity contribution in [2.45, 2.75) is 191 Å². The average molecular weight is 1810 g/mol. The Kier molecular flexibility index (Phi) is 40.6. The molecule has 24 heteroatoms. The second kappa shape index (κ2) is 54.1. The van der Waals surface area contributed by atoms with Crippen molar-refractivity contribution < 1.29 is 37.9 Å². The molecule has 1 saturated carbocycles. The topological polar surface area (TPSA) is 216 Å². The number of nitrogens with zero attached hydrogens (tertiary/aromatic N) is 16. The van der Waals surface area contributed by atoms with Crippen molar-refractivity contribution in [2.24, 2.45) is 0 Å². The van der Waals surface area contributed by atoms with Gasteiger partial charge in [0.25, 0.3) is 0 Å². The summed E-state index contributed by atoms with van der Waals surface area (Å²) in [5.74, 6) is 4.28. The van der Waals surface area contributed by atoms with Crippen molar-refractivity contribution in [3.05, 3.63) is 292 Å². The number of imidazole rings is 8. The molecule has 8 aromatic heterocycles. The van der Waals surface area contributed by atoms with Crippen molar-refractivity contribution in [2.75, 3.05) is 86.9 Å². The van der Waals surface area contributed by atoms with Gasteiger partial charge in [-0.25, -0.2) is 39.9 Å². The van der Waals surface area contributed by atoms with E-state index in [4.69, 9.17) is 47.9 Å². The Hall–Kier alpha value is -12.4. The quantitative estimate of drug-likeness (QED) is 0.0343. The second-order valence-corrected chi connectivity index (χ2v) is 33.6. The average Bonchev–Trinajstić information content (AvgIpc) is 1.65. The highest BCUT2D eigenvalue weighted by Gasteiger charge is 2.18. The number of rotatable bonds is 34. The minimum Gasteiger partial charge on any atom is -0.383 e. The van der Waals surface area contributed by atoms with Gasteiger partial charge in [0, 0.05) is 110 Å². The molecule has 8 heterocycles. The lowest BCUT2D eigenvalue weighted by atomic mass is 9.98. The monoisotopic (exact) mass is 1810 g/mol. The first kappa shape index (κ1) is 101. The van der Waals surface area contributed by atoms with Gasteiger partial charge in [-0.2, -0.15) is 0 Å². The molecule has 0 spiro atoms. The first-order valence-corrected chi connectivity index (χ1v) is 47.8. The largest absolute Gasteiger partial charge is 0.383 e. The van der Waals surface area contributed by atoms with Gasteiger partial charge in [-0.05, 0) is 165 Å². The summed E-state index contributed by atoms with van der Waals surface area (Å²) in [6.07, 6.45) is 17.8. The van der Waals surface area contributed by atoms with Crippen LogP contribution in [-0.2, 0) is 103 Å². The van der Waals surface area contributed by atoms with Crippen LogP contribution >= 0.6 is 0 Å². The standard InChI is InChI=1S/C17H18N2O.C16H16N2O.C15H20N2O.2C13H18N2O.3C12H16N2O/c1-2-20-13-12-19-16-11-7-6-10-15(16)18-17(19)14-8-4-3-5-9-14;1-19-12-11-18-15-10-6-5-9-14(15)17-16(18)13-7-3-2-4-8-13;1-2-6-13(7-3-1)18-11-10-17-12-16-14-8-4-5-9-15(14)17;1-13(2,3)16-9-8-15-10-14-11-6-4-5-7-12(11)15;1-3-13-14-11-7-5-6-8-12(11)15(13)9-10-16-4-2;1-10(2)15-8-7-14-9-13-11-5-3-4-6-12(11)14;1-3-12-13-10-6-4-5-7-11(10)14(12)8-9-15-2;1-2-8-15-9-7-14-10-13-11-5-3-4-6-12(11)14/h3-11H,2,12-13H2,1H3;2-10H,11-12H2,1H3;4-5,8-9,12-13H,1-3,6-7,10-11H2;4-7,10H,8-9H2,1-3H3;5-8H,3-4,9-10H2,1-2H3;3-6,9-10H,7-8H2,1-2H3;4-7H,3,8-9H2,1-2H3;3-6,10H,2,7-9H2,1H3. The van der Waals surface area contributed by atoms with Crippen LogP contribution in [0.2, 0.25) is 0 Å². The van der Waals surface area contributed by atoms with E-state index in [1.807, 2.05) is 199 Å². The van der Waals surface area contributed by atoms with Gasteiger partial charge >= 0.3 is 0 Å². The molecule has 24 nitrogen and oxygen atoms in total. The number of hydrogen-bond acceptors (Lipinski definition) is 16. The van der Waals surface area contributed by atoms with Gasteiger partial charge in [0.1, 0.15) is 23.3 Å². The highest BCUT2D eigenvalue weighted by molar-refractivity contribution is 5.83. The predicted octanol–water partition coefficient (Wildman–Crippen LogP) is 23.1. The number of methoxy groups -OCH3 is 2. The number of para-hydroxylation sites is 16. The summed E-state index contributed by atoms with van der Waals surface area (Å²) in [5, 5.41) is 0. The van der Waals surface area contributed by atoms with Crippen LogP contribution in [0.5, 0.6) is 0 Å². The van der Waals surface area contributed by atoms with Crippen LogP contribution in [0.4, 0.5) is 0 Å². The zero-order valence-electron chi connectivity index (χ0n) is 80.7. The summed E-state index contributed by atoms with van der Waals surface area (Å²) < 4.78 is 61.4. The third-order valence-electron chi connectivity index (χ3n) is 22.7. The van der Waals surface area contributed by atoms with E-state index in [2.05, 4.69) is 217 Å². The van der Waals surface area contributed by atoms with Gasteiger partial charge in [-0.15, -0.1) is 0 Å². The fraction of sp³-hybridized carbons (Fsp3) is 0.382. The molecule has 0 N–H and O–H groups in total. The van der Waals surface area contributed by atoms with Gasteiger partial charge in [0.05, 0.1) is 184 Å². The zero-order valence-corrected chi connectivity index (χ0v) is 80.7. The van der Waals surface area contributed by atoms with Crippen molar-refractivity contribution in [3.63, 3.8) is 0 Å². The predicted molar refractivity (Wildman–Crippen MR) is 545 cm³/mol. The molecule has 0 radical (unpaired) electrons. The lowest BCUT2D eigenvalue weighted by Gasteiger charge is -2.22. The van der Waals surface area contributed by atoms with E-state index in [1.54, 1.807) is 14.2 Å². The zero-order chi connectivity index (χ0) is 93.9. The molecule has 0 bridgehead atoms. The molecule has 1 aliphatic rings. The smallest absolute Gasteiger partial charge is 0.141 e. The fourth-order valence-electron chi connectivity index (χ4n) is 16.0. The molecule has 0 amide bonds. The van der Waals surface area contributed by atoms with Crippen molar-refractivity contribution >= 4 is 88.3 Å². The van der Waals surface area contributed by atoms with E-state index in [9.17, 15) is 0 Å². The summed E-state index contributed by atoms with van der Waals surface area (Å²) in [6.45, 7) is 35.8. The van der Waals surface area contributed by atoms with Crippen LogP contribution in [0, 0.1) is 0 Å². The van der Waals surface area contributed by atoms with Crippen LogP contribution < -0.4 is 0 Å². The summed E-state index contributed by atoms with van der Waals surface area (Å²) >= 11 is 0. The number of ether oxygens (including phenoxy) is 8. The minimum absolute atomic E-state index is 0.0730. The Morgan fingerprint density at radius 1 is 0.313 bits per heavy atom. The lowest BCUT2D eigenvalue weighted by molar-refractivity contribution is -0.00650. The molecule has 0 aliphatic heterocycles. The van der Waals surface area contributed by atoms with Gasteiger partial charge < -0.3 is 74.4 Å². The summed E-state index contributed by atoms with van der Waals surface area (Å²) in [5.41, 5.74) is 20.0. The van der Waals surface area contributed by atoms with E-state index >= 15 is 0 Å². The molecule has 10 aromatic carbocycles. The maximum atomic E-state index is 5.96. The molecule has 18 aromatic rings. The van der Waals surface area contributed by atoms with E-state index in [-0.39, 0.29) is 5.60 Å². The molecular formula is C110H138N16O8. The van der Waals surface area contributed by atoms with E-state index < -0.39 is 0 Å². The number of fused-ring (bicyclic) bond motifs is 8. The Morgan fingerprint density at radius 3 is 0.993 bits per heavy atom. The summed E-state index contributed by atoms with van der Waals surface area (Å²) in [4.78, 5) is 36.1. The lowest BCUT2D eigenvalue weighted by Crippen LogP contribution is -2.21.